The summed E-state index contributed by atoms with van der Waals surface area (Å²) in [5, 5.41) is 3.10. The van der Waals surface area contributed by atoms with E-state index in [1.165, 1.54) is 0 Å². The molecule has 0 spiro atoms. The second kappa shape index (κ2) is 5.94. The second-order valence-corrected chi connectivity index (χ2v) is 6.86. The van der Waals surface area contributed by atoms with Crippen molar-refractivity contribution in [2.24, 2.45) is 5.92 Å². The van der Waals surface area contributed by atoms with Gasteiger partial charge in [-0.2, -0.15) is 0 Å². The molecule has 0 radical (unpaired) electrons. The summed E-state index contributed by atoms with van der Waals surface area (Å²) in [6, 6.07) is 8.11. The zero-order valence-corrected chi connectivity index (χ0v) is 13.7. The smallest absolute Gasteiger partial charge is 0.307 e. The van der Waals surface area contributed by atoms with E-state index in [0.717, 1.165) is 31.5 Å². The maximum atomic E-state index is 12.5. The van der Waals surface area contributed by atoms with E-state index in [2.05, 4.69) is 22.1 Å². The number of nitrogen functional groups attached to an aromatic ring is 1. The molecule has 1 aromatic heterocycles. The minimum atomic E-state index is -0.233. The Hall–Kier alpha value is -2.34. The largest absolute Gasteiger partial charge is 0.432 e. The molecule has 2 bridgehead atoms. The molecule has 3 saturated heterocycles. The average molecular weight is 326 g/mol. The highest BCUT2D eigenvalue weighted by Crippen LogP contribution is 2.32. The molecule has 1 aromatic carbocycles. The predicted octanol–water partition coefficient (Wildman–Crippen LogP) is 2.14. The number of hydrogen-bond acceptors (Lipinski definition) is 5. The van der Waals surface area contributed by atoms with Gasteiger partial charge in [-0.1, -0.05) is 0 Å². The highest BCUT2D eigenvalue weighted by atomic mass is 16.4. The zero-order chi connectivity index (χ0) is 16.7. The number of nitrogens with two attached hydrogens (primary N) is 1. The van der Waals surface area contributed by atoms with E-state index >= 15 is 0 Å². The number of hydrogen-bond donors (Lipinski definition) is 2. The highest BCUT2D eigenvalue weighted by molar-refractivity contribution is 5.90. The van der Waals surface area contributed by atoms with E-state index in [9.17, 15) is 4.79 Å². The van der Waals surface area contributed by atoms with Gasteiger partial charge in [0.2, 0.25) is 0 Å². The number of anilines is 1. The summed E-state index contributed by atoms with van der Waals surface area (Å²) in [5.41, 5.74) is 7.23. The molecule has 24 heavy (non-hydrogen) atoms. The van der Waals surface area contributed by atoms with E-state index in [1.807, 2.05) is 12.1 Å². The predicted molar refractivity (Wildman–Crippen MR) is 91.4 cm³/mol. The van der Waals surface area contributed by atoms with Gasteiger partial charge in [-0.25, -0.2) is 4.98 Å². The Morgan fingerprint density at radius 1 is 1.38 bits per heavy atom. The molecule has 4 heterocycles. The Morgan fingerprint density at radius 3 is 2.83 bits per heavy atom. The van der Waals surface area contributed by atoms with Gasteiger partial charge >= 0.3 is 5.91 Å². The van der Waals surface area contributed by atoms with E-state index in [-0.39, 0.29) is 17.8 Å². The van der Waals surface area contributed by atoms with Crippen LogP contribution < -0.4 is 11.1 Å². The third-order valence-electron chi connectivity index (χ3n) is 5.27. The quantitative estimate of drug-likeness (QED) is 0.844. The maximum absolute atomic E-state index is 12.5. The monoisotopic (exact) mass is 326 g/mol. The van der Waals surface area contributed by atoms with Crippen molar-refractivity contribution in [1.82, 2.24) is 15.2 Å². The van der Waals surface area contributed by atoms with Crippen LogP contribution in [-0.2, 0) is 0 Å². The number of fused-ring (bicyclic) bond motifs is 3. The van der Waals surface area contributed by atoms with E-state index in [0.29, 0.717) is 23.4 Å². The topological polar surface area (TPSA) is 84.4 Å². The van der Waals surface area contributed by atoms with E-state index in [1.54, 1.807) is 18.3 Å². The van der Waals surface area contributed by atoms with Crippen molar-refractivity contribution in [3.8, 4) is 11.3 Å². The molecule has 3 aliphatic rings. The summed E-state index contributed by atoms with van der Waals surface area (Å²) < 4.78 is 5.64. The molecule has 3 unspecified atom stereocenters. The first kappa shape index (κ1) is 15.2. The van der Waals surface area contributed by atoms with Gasteiger partial charge in [0.05, 0.1) is 6.20 Å². The Kier molecular flexibility index (Phi) is 3.76. The van der Waals surface area contributed by atoms with Crippen LogP contribution in [0.2, 0.25) is 0 Å². The number of oxazole rings is 1. The summed E-state index contributed by atoms with van der Waals surface area (Å²) in [4.78, 5) is 19.0. The summed E-state index contributed by atoms with van der Waals surface area (Å²) in [6.45, 7) is 4.32. The molecule has 2 aromatic rings. The van der Waals surface area contributed by atoms with Gasteiger partial charge in [0.1, 0.15) is 0 Å². The van der Waals surface area contributed by atoms with Crippen molar-refractivity contribution in [2.45, 2.75) is 31.8 Å². The summed E-state index contributed by atoms with van der Waals surface area (Å²) in [7, 11) is 0. The van der Waals surface area contributed by atoms with Gasteiger partial charge in [-0.15, -0.1) is 0 Å². The Bertz CT molecular complexity index is 740. The number of piperidine rings is 3. The van der Waals surface area contributed by atoms with Crippen molar-refractivity contribution >= 4 is 11.6 Å². The summed E-state index contributed by atoms with van der Waals surface area (Å²) in [6.07, 6.45) is 3.88. The number of carbonyl (C=O) groups excluding carboxylic acids is 1. The number of benzene rings is 1. The summed E-state index contributed by atoms with van der Waals surface area (Å²) >= 11 is 0. The lowest BCUT2D eigenvalue weighted by Crippen LogP contribution is -2.60. The van der Waals surface area contributed by atoms with Crippen molar-refractivity contribution in [3.05, 3.63) is 36.4 Å². The zero-order valence-electron chi connectivity index (χ0n) is 13.7. The first-order chi connectivity index (χ1) is 11.6. The molecule has 0 aliphatic carbocycles. The molecule has 3 aliphatic heterocycles. The maximum Gasteiger partial charge on any atom is 0.307 e. The fraction of sp³-hybridized carbons (Fsp3) is 0.444. The lowest BCUT2D eigenvalue weighted by molar-refractivity contribution is 0.0267. The standard InChI is InChI=1S/C18H22N4O2/c1-11-8-13-6-7-22(11)10-15(13)21-17(23)18-20-9-16(24-18)12-2-4-14(19)5-3-12/h2-5,9,11,13,15H,6-8,10,19H2,1H3,(H,21,23)/t11?,13?,15-/m0/s1. The van der Waals surface area contributed by atoms with Gasteiger partial charge in [0, 0.05) is 29.9 Å². The molecule has 1 amide bonds. The van der Waals surface area contributed by atoms with Gasteiger partial charge in [-0.05, 0) is 56.5 Å². The van der Waals surface area contributed by atoms with Crippen LogP contribution >= 0.6 is 0 Å². The molecule has 6 nitrogen and oxygen atoms in total. The normalized spacial score (nSPS) is 28.7. The molecule has 3 fully saturated rings. The van der Waals surface area contributed by atoms with Crippen LogP contribution in [0.4, 0.5) is 5.69 Å². The Morgan fingerprint density at radius 2 is 2.17 bits per heavy atom. The van der Waals surface area contributed by atoms with Crippen molar-refractivity contribution in [3.63, 3.8) is 0 Å². The van der Waals surface area contributed by atoms with Crippen LogP contribution in [0.1, 0.15) is 30.5 Å². The molecule has 5 rings (SSSR count). The molecular formula is C18H22N4O2. The van der Waals surface area contributed by atoms with Crippen LogP contribution in [0.3, 0.4) is 0 Å². The first-order valence-corrected chi connectivity index (χ1v) is 8.47. The Balaban J connectivity index is 1.45. The van der Waals surface area contributed by atoms with Crippen molar-refractivity contribution in [2.75, 3.05) is 18.8 Å². The first-order valence-electron chi connectivity index (χ1n) is 8.47. The number of rotatable bonds is 3. The average Bonchev–Trinajstić information content (AvgIpc) is 3.07. The Labute approximate surface area is 141 Å². The van der Waals surface area contributed by atoms with Gasteiger partial charge in [0.25, 0.3) is 5.89 Å². The van der Waals surface area contributed by atoms with Crippen molar-refractivity contribution < 1.29 is 9.21 Å². The van der Waals surface area contributed by atoms with Gasteiger partial charge < -0.3 is 15.5 Å². The number of carbonyl (C=O) groups is 1. The van der Waals surface area contributed by atoms with Crippen LogP contribution in [0.15, 0.2) is 34.9 Å². The van der Waals surface area contributed by atoms with Gasteiger partial charge in [0.15, 0.2) is 5.76 Å². The fourth-order valence-corrected chi connectivity index (χ4v) is 3.85. The molecule has 0 saturated carbocycles. The number of amides is 1. The fourth-order valence-electron chi connectivity index (χ4n) is 3.85. The lowest BCUT2D eigenvalue weighted by atomic mass is 9.80. The molecule has 6 heteroatoms. The van der Waals surface area contributed by atoms with Crippen LogP contribution in [0, 0.1) is 5.92 Å². The van der Waals surface area contributed by atoms with Crippen LogP contribution in [-0.4, -0.2) is 41.0 Å². The SMILES string of the molecule is CC1CC2CCN1C[C@@H]2NC(=O)c1ncc(-c2ccc(N)cc2)o1. The third kappa shape index (κ3) is 2.78. The minimum absolute atomic E-state index is 0.117. The summed E-state index contributed by atoms with van der Waals surface area (Å²) in [5.74, 6) is 1.01. The molecule has 3 N–H and O–H groups in total. The molecule has 126 valence electrons. The molecular weight excluding hydrogens is 304 g/mol. The number of aromatic nitrogens is 1. The second-order valence-electron chi connectivity index (χ2n) is 6.86. The molecule has 4 atom stereocenters. The number of nitrogens with zero attached hydrogens (tertiary/aromatic N) is 2. The lowest BCUT2D eigenvalue weighted by Gasteiger charge is -2.48. The van der Waals surface area contributed by atoms with Crippen LogP contribution in [0.25, 0.3) is 11.3 Å². The highest BCUT2D eigenvalue weighted by Gasteiger charge is 2.39. The van der Waals surface area contributed by atoms with E-state index < -0.39 is 0 Å². The third-order valence-corrected chi connectivity index (χ3v) is 5.27. The number of nitrogens with one attached hydrogen (secondary N) is 1. The van der Waals surface area contributed by atoms with Gasteiger partial charge in [-0.3, -0.25) is 9.69 Å². The van der Waals surface area contributed by atoms with E-state index in [4.69, 9.17) is 10.2 Å². The van der Waals surface area contributed by atoms with Crippen LogP contribution in [0.5, 0.6) is 0 Å². The van der Waals surface area contributed by atoms with Crippen molar-refractivity contribution in [1.29, 1.82) is 0 Å². The minimum Gasteiger partial charge on any atom is -0.432 e.